The van der Waals surface area contributed by atoms with Gasteiger partial charge in [-0.1, -0.05) is 0 Å². The molecule has 4 rings (SSSR count). The Morgan fingerprint density at radius 1 is 1.04 bits per heavy atom. The summed E-state index contributed by atoms with van der Waals surface area (Å²) in [5.41, 5.74) is 6.58. The predicted octanol–water partition coefficient (Wildman–Crippen LogP) is 1.72. The highest BCUT2D eigenvalue weighted by atomic mass is 16.9. The van der Waals surface area contributed by atoms with Gasteiger partial charge in [-0.2, -0.15) is 0 Å². The number of rotatable bonds is 2. The van der Waals surface area contributed by atoms with Gasteiger partial charge in [-0.05, 0) is 39.8 Å². The molecule has 1 saturated carbocycles. The highest BCUT2D eigenvalue weighted by Gasteiger charge is 2.72. The largest absolute Gasteiger partial charge is 0.469 e. The third-order valence-corrected chi connectivity index (χ3v) is 5.05. The molecule has 1 aromatic heterocycles. The molecule has 2 aliphatic heterocycles. The second-order valence-corrected chi connectivity index (χ2v) is 7.61. The van der Waals surface area contributed by atoms with Gasteiger partial charge in [0.15, 0.2) is 11.6 Å². The summed E-state index contributed by atoms with van der Waals surface area (Å²) in [4.78, 5) is 0. The van der Waals surface area contributed by atoms with E-state index in [1.54, 1.807) is 13.4 Å². The molecule has 0 spiro atoms. The lowest BCUT2D eigenvalue weighted by Gasteiger charge is -2.47. The smallest absolute Gasteiger partial charge is 0.227 e. The molecular formula is C17H25NO6. The number of hydrogen-bond donors (Lipinski definition) is 1. The molecule has 0 aromatic carbocycles. The summed E-state index contributed by atoms with van der Waals surface area (Å²) in [6, 6.07) is 3.34. The van der Waals surface area contributed by atoms with E-state index in [0.717, 1.165) is 5.76 Å². The van der Waals surface area contributed by atoms with Crippen molar-refractivity contribution in [2.24, 2.45) is 5.73 Å². The summed E-state index contributed by atoms with van der Waals surface area (Å²) < 4.78 is 36.2. The number of fused-ring (bicyclic) bond motifs is 3. The first-order valence-corrected chi connectivity index (χ1v) is 8.27. The Balaban J connectivity index is 1.84. The number of furan rings is 1. The lowest BCUT2D eigenvalue weighted by molar-refractivity contribution is -0.303. The Morgan fingerprint density at radius 3 is 2.38 bits per heavy atom. The van der Waals surface area contributed by atoms with Crippen molar-refractivity contribution >= 4 is 0 Å². The molecule has 2 N–H and O–H groups in total. The van der Waals surface area contributed by atoms with Crippen LogP contribution in [0.3, 0.4) is 0 Å². The highest BCUT2D eigenvalue weighted by Crippen LogP contribution is 2.55. The van der Waals surface area contributed by atoms with E-state index in [4.69, 9.17) is 33.8 Å². The maximum absolute atomic E-state index is 6.58. The maximum atomic E-state index is 6.58. The first kappa shape index (κ1) is 16.5. The lowest BCUT2D eigenvalue weighted by Crippen LogP contribution is -2.68. The molecule has 0 unspecified atom stereocenters. The molecule has 1 aliphatic carbocycles. The fourth-order valence-electron chi connectivity index (χ4n) is 4.28. The Labute approximate surface area is 141 Å². The van der Waals surface area contributed by atoms with Crippen molar-refractivity contribution in [3.05, 3.63) is 24.2 Å². The van der Waals surface area contributed by atoms with Crippen molar-refractivity contribution in [1.82, 2.24) is 0 Å². The highest BCUT2D eigenvalue weighted by molar-refractivity contribution is 5.23. The summed E-state index contributed by atoms with van der Waals surface area (Å²) in [6.07, 6.45) is 0.256. The summed E-state index contributed by atoms with van der Waals surface area (Å²) >= 11 is 0. The minimum atomic E-state index is -1.12. The topological polar surface area (TPSA) is 85.3 Å². The van der Waals surface area contributed by atoms with Gasteiger partial charge in [0.25, 0.3) is 0 Å². The van der Waals surface area contributed by atoms with Gasteiger partial charge in [0, 0.05) is 13.2 Å². The quantitative estimate of drug-likeness (QED) is 0.878. The zero-order chi connectivity index (χ0) is 17.3. The average Bonchev–Trinajstić information content (AvgIpc) is 3.16. The van der Waals surface area contributed by atoms with Gasteiger partial charge in [0.1, 0.15) is 24.1 Å². The minimum Gasteiger partial charge on any atom is -0.469 e. The van der Waals surface area contributed by atoms with Crippen LogP contribution in [0.5, 0.6) is 0 Å². The molecule has 24 heavy (non-hydrogen) atoms. The fraction of sp³-hybridized carbons (Fsp3) is 0.765. The maximum Gasteiger partial charge on any atom is 0.227 e. The van der Waals surface area contributed by atoms with Crippen LogP contribution in [0.4, 0.5) is 0 Å². The summed E-state index contributed by atoms with van der Waals surface area (Å²) in [5, 5.41) is 0. The minimum absolute atomic E-state index is 0.277. The standard InChI is InChI=1S/C17H25NO6/c1-15(2)21-12-11(18)10(9-7-6-8-20-9)13-17(19-5,14(12)23-15)24-16(3,4)22-13/h6-8,10-14H,18H2,1-5H3/t10-,11-,12+,13-,14+,17-/m1/s1. The molecule has 3 heterocycles. The normalized spacial score (nSPS) is 45.8. The van der Waals surface area contributed by atoms with Crippen molar-refractivity contribution in [3.8, 4) is 0 Å². The van der Waals surface area contributed by atoms with Crippen LogP contribution in [0.15, 0.2) is 22.8 Å². The lowest BCUT2D eigenvalue weighted by atomic mass is 9.74. The molecule has 7 heteroatoms. The van der Waals surface area contributed by atoms with Gasteiger partial charge in [-0.25, -0.2) is 0 Å². The molecule has 0 radical (unpaired) electrons. The van der Waals surface area contributed by atoms with Gasteiger partial charge in [0.2, 0.25) is 5.79 Å². The van der Waals surface area contributed by atoms with Crippen molar-refractivity contribution in [1.29, 1.82) is 0 Å². The first-order valence-electron chi connectivity index (χ1n) is 8.27. The SMILES string of the molecule is CO[C@@]12OC(C)(C)O[C@@H]1[C@H](c1ccco1)[C@@H](N)[C@@H]1OC(C)(C)O[C@@H]12. The molecule has 6 atom stereocenters. The average molecular weight is 339 g/mol. The van der Waals surface area contributed by atoms with Gasteiger partial charge in [-0.3, -0.25) is 0 Å². The van der Waals surface area contributed by atoms with Crippen LogP contribution in [0.1, 0.15) is 39.4 Å². The first-order chi connectivity index (χ1) is 11.2. The Kier molecular flexibility index (Phi) is 3.46. The summed E-state index contributed by atoms with van der Waals surface area (Å²) in [7, 11) is 1.60. The number of methoxy groups -OCH3 is 1. The Bertz CT molecular complexity index is 615. The van der Waals surface area contributed by atoms with Crippen LogP contribution in [-0.4, -0.2) is 48.8 Å². The van der Waals surface area contributed by atoms with Crippen LogP contribution in [0.25, 0.3) is 0 Å². The van der Waals surface area contributed by atoms with E-state index in [1.807, 2.05) is 39.8 Å². The molecule has 3 aliphatic rings. The molecule has 2 saturated heterocycles. The van der Waals surface area contributed by atoms with Crippen molar-refractivity contribution in [2.75, 3.05) is 7.11 Å². The number of ether oxygens (including phenoxy) is 5. The van der Waals surface area contributed by atoms with Gasteiger partial charge in [-0.15, -0.1) is 0 Å². The van der Waals surface area contributed by atoms with Crippen LogP contribution in [0, 0.1) is 0 Å². The van der Waals surface area contributed by atoms with Gasteiger partial charge >= 0.3 is 0 Å². The van der Waals surface area contributed by atoms with Crippen LogP contribution >= 0.6 is 0 Å². The van der Waals surface area contributed by atoms with Gasteiger partial charge < -0.3 is 33.8 Å². The van der Waals surface area contributed by atoms with E-state index in [0.29, 0.717) is 0 Å². The Hall–Kier alpha value is -0.960. The monoisotopic (exact) mass is 339 g/mol. The second kappa shape index (κ2) is 5.03. The van der Waals surface area contributed by atoms with Crippen molar-refractivity contribution in [2.45, 2.75) is 75.3 Å². The fourth-order valence-corrected chi connectivity index (χ4v) is 4.28. The second-order valence-electron chi connectivity index (χ2n) is 7.61. The molecule has 0 amide bonds. The zero-order valence-electron chi connectivity index (χ0n) is 14.6. The van der Waals surface area contributed by atoms with Crippen molar-refractivity contribution < 1.29 is 28.1 Å². The van der Waals surface area contributed by atoms with E-state index in [9.17, 15) is 0 Å². The van der Waals surface area contributed by atoms with E-state index >= 15 is 0 Å². The molecule has 7 nitrogen and oxygen atoms in total. The zero-order valence-corrected chi connectivity index (χ0v) is 14.6. The van der Waals surface area contributed by atoms with E-state index < -0.39 is 35.7 Å². The molecular weight excluding hydrogens is 314 g/mol. The van der Waals surface area contributed by atoms with E-state index in [2.05, 4.69) is 0 Å². The molecule has 0 bridgehead atoms. The molecule has 3 fully saturated rings. The summed E-state index contributed by atoms with van der Waals surface area (Å²) in [6.45, 7) is 7.43. The molecule has 134 valence electrons. The van der Waals surface area contributed by atoms with Gasteiger partial charge in [0.05, 0.1) is 12.2 Å². The summed E-state index contributed by atoms with van der Waals surface area (Å²) in [5.74, 6) is -2.29. The van der Waals surface area contributed by atoms with Crippen LogP contribution < -0.4 is 5.73 Å². The molecule has 1 aromatic rings. The number of hydrogen-bond acceptors (Lipinski definition) is 7. The Morgan fingerprint density at radius 2 is 1.75 bits per heavy atom. The van der Waals surface area contributed by atoms with E-state index in [1.165, 1.54) is 0 Å². The third kappa shape index (κ3) is 2.20. The van der Waals surface area contributed by atoms with Crippen LogP contribution in [-0.2, 0) is 23.7 Å². The number of nitrogens with two attached hydrogens (primary N) is 1. The third-order valence-electron chi connectivity index (χ3n) is 5.05. The predicted molar refractivity (Wildman–Crippen MR) is 83.0 cm³/mol. The van der Waals surface area contributed by atoms with Crippen LogP contribution in [0.2, 0.25) is 0 Å². The van der Waals surface area contributed by atoms with Crippen molar-refractivity contribution in [3.63, 3.8) is 0 Å². The van der Waals surface area contributed by atoms with E-state index in [-0.39, 0.29) is 12.0 Å².